The van der Waals surface area contributed by atoms with E-state index in [4.69, 9.17) is 0 Å². The Bertz CT molecular complexity index is 678. The van der Waals surface area contributed by atoms with Crippen molar-refractivity contribution in [1.29, 1.82) is 0 Å². The van der Waals surface area contributed by atoms with Gasteiger partial charge in [-0.2, -0.15) is 0 Å². The lowest BCUT2D eigenvalue weighted by molar-refractivity contribution is -0.203. The topological polar surface area (TPSA) is 77.8 Å². The van der Waals surface area contributed by atoms with Crippen molar-refractivity contribution in [2.75, 3.05) is 0 Å². The van der Waals surface area contributed by atoms with Crippen molar-refractivity contribution < 1.29 is 20.1 Å². The predicted molar refractivity (Wildman–Crippen MR) is 122 cm³/mol. The van der Waals surface area contributed by atoms with Crippen LogP contribution in [0.25, 0.3) is 0 Å². The highest BCUT2D eigenvalue weighted by molar-refractivity contribution is 5.69. The lowest BCUT2D eigenvalue weighted by Gasteiger charge is -2.64. The van der Waals surface area contributed by atoms with Gasteiger partial charge in [0.25, 0.3) is 0 Å². The van der Waals surface area contributed by atoms with Crippen molar-refractivity contribution in [2.24, 2.45) is 58.2 Å². The molecule has 4 fully saturated rings. The SMILES string of the molecule is CC[C@@H]1C2C[C@H](O)CC[C@]2(C)[C@H]2CC[C@]3(C)[C@@H]([C@H](C)C[C@H](C)C(=O)O)CC[C@H]3[C@@H]2[C@@H]1O. The number of hydrogen-bond donors (Lipinski definition) is 3. The normalized spacial score (nSPS) is 51.3. The minimum Gasteiger partial charge on any atom is -0.481 e. The zero-order chi connectivity index (χ0) is 22.7. The molecule has 3 N–H and O–H groups in total. The van der Waals surface area contributed by atoms with Gasteiger partial charge in [-0.15, -0.1) is 0 Å². The molecule has 4 nitrogen and oxygen atoms in total. The van der Waals surface area contributed by atoms with E-state index >= 15 is 0 Å². The molecule has 4 aliphatic rings. The molecular formula is C27H46O4. The summed E-state index contributed by atoms with van der Waals surface area (Å²) in [5.74, 6) is 2.23. The zero-order valence-electron chi connectivity index (χ0n) is 20.4. The largest absolute Gasteiger partial charge is 0.481 e. The summed E-state index contributed by atoms with van der Waals surface area (Å²) in [5.41, 5.74) is 0.460. The molecule has 4 saturated carbocycles. The van der Waals surface area contributed by atoms with Crippen molar-refractivity contribution in [2.45, 2.75) is 105 Å². The zero-order valence-corrected chi connectivity index (χ0v) is 20.4. The molecular weight excluding hydrogens is 388 g/mol. The number of hydrogen-bond acceptors (Lipinski definition) is 3. The van der Waals surface area contributed by atoms with Gasteiger partial charge in [-0.25, -0.2) is 0 Å². The Morgan fingerprint density at radius 2 is 1.61 bits per heavy atom. The lowest BCUT2D eigenvalue weighted by Crippen LogP contribution is -2.62. The molecule has 1 unspecified atom stereocenters. The molecule has 12 atom stereocenters. The Hall–Kier alpha value is -0.610. The van der Waals surface area contributed by atoms with E-state index in [-0.39, 0.29) is 29.0 Å². The van der Waals surface area contributed by atoms with Crippen LogP contribution in [-0.2, 0) is 4.79 Å². The van der Waals surface area contributed by atoms with Crippen molar-refractivity contribution in [3.63, 3.8) is 0 Å². The smallest absolute Gasteiger partial charge is 0.306 e. The fourth-order valence-electron chi connectivity index (χ4n) is 9.76. The monoisotopic (exact) mass is 434 g/mol. The lowest BCUT2D eigenvalue weighted by atomic mass is 9.41. The number of carboxylic acid groups (broad SMARTS) is 1. The number of rotatable bonds is 5. The minimum atomic E-state index is -0.679. The Kier molecular flexibility index (Phi) is 6.31. The van der Waals surface area contributed by atoms with Crippen LogP contribution in [0, 0.1) is 58.2 Å². The molecule has 178 valence electrons. The highest BCUT2D eigenvalue weighted by Crippen LogP contribution is 2.69. The first-order chi connectivity index (χ1) is 14.5. The van der Waals surface area contributed by atoms with E-state index in [1.54, 1.807) is 0 Å². The average Bonchev–Trinajstić information content (AvgIpc) is 3.06. The van der Waals surface area contributed by atoms with E-state index in [0.29, 0.717) is 41.4 Å². The van der Waals surface area contributed by atoms with Crippen LogP contribution in [0.4, 0.5) is 0 Å². The van der Waals surface area contributed by atoms with Gasteiger partial charge < -0.3 is 15.3 Å². The summed E-state index contributed by atoms with van der Waals surface area (Å²) in [4.78, 5) is 11.5. The minimum absolute atomic E-state index is 0.197. The van der Waals surface area contributed by atoms with Crippen LogP contribution in [0.3, 0.4) is 0 Å². The van der Waals surface area contributed by atoms with Crippen molar-refractivity contribution in [3.05, 3.63) is 0 Å². The van der Waals surface area contributed by atoms with Crippen molar-refractivity contribution >= 4 is 5.97 Å². The first-order valence-electron chi connectivity index (χ1n) is 13.1. The third-order valence-corrected chi connectivity index (χ3v) is 11.3. The van der Waals surface area contributed by atoms with Gasteiger partial charge in [-0.05, 0) is 104 Å². The summed E-state index contributed by atoms with van der Waals surface area (Å²) < 4.78 is 0. The number of aliphatic hydroxyl groups is 2. The standard InChI is InChI=1S/C27H46O4/c1-6-18-22-14-17(28)9-11-27(22,5)21-10-12-26(4)19(15(2)13-16(3)25(30)31)7-8-20(26)23(21)24(18)29/h15-24,28-29H,6-14H2,1-5H3,(H,30,31)/t15-,16+,17-,18-,19-,20+,21+,22?,23+,24-,26-,27-/m1/s1. The summed E-state index contributed by atoms with van der Waals surface area (Å²) in [5, 5.41) is 31.6. The van der Waals surface area contributed by atoms with Gasteiger partial charge in [-0.3, -0.25) is 4.79 Å². The molecule has 0 spiro atoms. The molecule has 31 heavy (non-hydrogen) atoms. The van der Waals surface area contributed by atoms with Crippen LogP contribution in [0.5, 0.6) is 0 Å². The van der Waals surface area contributed by atoms with Gasteiger partial charge in [-0.1, -0.05) is 41.0 Å². The molecule has 0 saturated heterocycles. The van der Waals surface area contributed by atoms with E-state index in [1.807, 2.05) is 6.92 Å². The van der Waals surface area contributed by atoms with Gasteiger partial charge in [0.2, 0.25) is 0 Å². The first kappa shape index (κ1) is 23.5. The average molecular weight is 435 g/mol. The maximum absolute atomic E-state index is 11.7. The third kappa shape index (κ3) is 3.59. The molecule has 0 aromatic heterocycles. The summed E-state index contributed by atoms with van der Waals surface area (Å²) in [6.45, 7) is 11.3. The number of carboxylic acids is 1. The molecule has 4 heteroatoms. The van der Waals surface area contributed by atoms with E-state index < -0.39 is 5.97 Å². The number of fused-ring (bicyclic) bond motifs is 5. The van der Waals surface area contributed by atoms with E-state index in [9.17, 15) is 20.1 Å². The van der Waals surface area contributed by atoms with Gasteiger partial charge in [0.1, 0.15) is 0 Å². The molecule has 0 aliphatic heterocycles. The number of aliphatic carboxylic acids is 1. The van der Waals surface area contributed by atoms with Crippen LogP contribution < -0.4 is 0 Å². The fraction of sp³-hybridized carbons (Fsp3) is 0.963. The van der Waals surface area contributed by atoms with Gasteiger partial charge in [0.15, 0.2) is 0 Å². The maximum Gasteiger partial charge on any atom is 0.306 e. The second kappa shape index (κ2) is 8.31. The Labute approximate surface area is 189 Å². The maximum atomic E-state index is 11.7. The van der Waals surface area contributed by atoms with Crippen LogP contribution in [-0.4, -0.2) is 33.5 Å². The van der Waals surface area contributed by atoms with E-state index in [1.165, 1.54) is 25.7 Å². The van der Waals surface area contributed by atoms with E-state index in [0.717, 1.165) is 32.1 Å². The van der Waals surface area contributed by atoms with Gasteiger partial charge in [0, 0.05) is 0 Å². The summed E-state index contributed by atoms with van der Waals surface area (Å²) in [7, 11) is 0. The third-order valence-electron chi connectivity index (χ3n) is 11.3. The molecule has 0 radical (unpaired) electrons. The summed E-state index contributed by atoms with van der Waals surface area (Å²) in [6, 6.07) is 0. The summed E-state index contributed by atoms with van der Waals surface area (Å²) >= 11 is 0. The second-order valence-corrected chi connectivity index (χ2v) is 12.6. The number of carbonyl (C=O) groups is 1. The van der Waals surface area contributed by atoms with Crippen molar-refractivity contribution in [3.8, 4) is 0 Å². The van der Waals surface area contributed by atoms with Gasteiger partial charge >= 0.3 is 5.97 Å². The second-order valence-electron chi connectivity index (χ2n) is 12.6. The molecule has 0 aromatic carbocycles. The predicted octanol–water partition coefficient (Wildman–Crippen LogP) is 5.36. The van der Waals surface area contributed by atoms with Crippen LogP contribution in [0.2, 0.25) is 0 Å². The highest BCUT2D eigenvalue weighted by atomic mass is 16.4. The molecule has 4 aliphatic carbocycles. The molecule has 0 amide bonds. The van der Waals surface area contributed by atoms with E-state index in [2.05, 4.69) is 27.7 Å². The Balaban J connectivity index is 1.61. The molecule has 0 aromatic rings. The Morgan fingerprint density at radius 3 is 2.26 bits per heavy atom. The molecule has 0 heterocycles. The quantitative estimate of drug-likeness (QED) is 0.544. The first-order valence-corrected chi connectivity index (χ1v) is 13.1. The van der Waals surface area contributed by atoms with Crippen LogP contribution in [0.15, 0.2) is 0 Å². The summed E-state index contributed by atoms with van der Waals surface area (Å²) in [6.07, 6.45) is 8.95. The van der Waals surface area contributed by atoms with Crippen molar-refractivity contribution in [1.82, 2.24) is 0 Å². The number of aliphatic hydroxyl groups excluding tert-OH is 2. The highest BCUT2D eigenvalue weighted by Gasteiger charge is 2.64. The van der Waals surface area contributed by atoms with Gasteiger partial charge in [0.05, 0.1) is 18.1 Å². The molecule has 4 rings (SSSR count). The van der Waals surface area contributed by atoms with Crippen LogP contribution >= 0.6 is 0 Å². The van der Waals surface area contributed by atoms with Crippen LogP contribution in [0.1, 0.15) is 92.4 Å². The molecule has 0 bridgehead atoms. The Morgan fingerprint density at radius 1 is 0.968 bits per heavy atom. The fourth-order valence-corrected chi connectivity index (χ4v) is 9.76.